The molecular weight excluding hydrogens is 155 g/mol. The lowest BCUT2D eigenvalue weighted by Gasteiger charge is -2.22. The van der Waals surface area contributed by atoms with Gasteiger partial charge in [-0.25, -0.2) is 0 Å². The van der Waals surface area contributed by atoms with Crippen LogP contribution in [0.2, 0.25) is 12.6 Å². The maximum Gasteiger partial charge on any atom is 0.110 e. The van der Waals surface area contributed by atoms with E-state index in [1.165, 1.54) is 38.5 Å². The van der Waals surface area contributed by atoms with Crippen molar-refractivity contribution in [3.8, 4) is 0 Å². The highest BCUT2D eigenvalue weighted by molar-refractivity contribution is 6.35. The Morgan fingerprint density at radius 1 is 0.923 bits per heavy atom. The van der Waals surface area contributed by atoms with Crippen molar-refractivity contribution in [1.82, 2.24) is 0 Å². The Bertz CT molecular complexity index is 133. The molecule has 1 aliphatic carbocycles. The number of hydrogen-bond donors (Lipinski definition) is 0. The molecule has 0 spiro atoms. The SMILES string of the molecule is C[B]C1CCCCCC(C)C(C)C1. The zero-order valence-electron chi connectivity index (χ0n) is 9.55. The van der Waals surface area contributed by atoms with E-state index in [1.54, 1.807) is 0 Å². The van der Waals surface area contributed by atoms with Crippen molar-refractivity contribution in [3.05, 3.63) is 0 Å². The van der Waals surface area contributed by atoms with Gasteiger partial charge in [-0.3, -0.25) is 0 Å². The topological polar surface area (TPSA) is 0 Å². The summed E-state index contributed by atoms with van der Waals surface area (Å²) < 4.78 is 0. The molecule has 0 heterocycles. The molecule has 3 unspecified atom stereocenters. The fourth-order valence-corrected chi connectivity index (χ4v) is 2.46. The number of rotatable bonds is 1. The summed E-state index contributed by atoms with van der Waals surface area (Å²) in [4.78, 5) is 0. The summed E-state index contributed by atoms with van der Waals surface area (Å²) in [5.74, 6) is 2.77. The van der Waals surface area contributed by atoms with Crippen LogP contribution in [0.25, 0.3) is 0 Å². The molecule has 1 rings (SSSR count). The van der Waals surface area contributed by atoms with Gasteiger partial charge in [0.25, 0.3) is 0 Å². The van der Waals surface area contributed by atoms with Crippen LogP contribution in [-0.4, -0.2) is 7.28 Å². The summed E-state index contributed by atoms with van der Waals surface area (Å²) in [7, 11) is 2.43. The first-order chi connectivity index (χ1) is 6.24. The van der Waals surface area contributed by atoms with Gasteiger partial charge >= 0.3 is 0 Å². The van der Waals surface area contributed by atoms with Crippen molar-refractivity contribution >= 4 is 7.28 Å². The van der Waals surface area contributed by atoms with Gasteiger partial charge in [0.05, 0.1) is 0 Å². The third-order valence-corrected chi connectivity index (χ3v) is 3.85. The van der Waals surface area contributed by atoms with E-state index < -0.39 is 0 Å². The highest BCUT2D eigenvalue weighted by Crippen LogP contribution is 2.32. The highest BCUT2D eigenvalue weighted by atomic mass is 14.2. The van der Waals surface area contributed by atoms with Crippen LogP contribution in [0, 0.1) is 11.8 Å². The summed E-state index contributed by atoms with van der Waals surface area (Å²) in [6.45, 7) is 7.11. The molecule has 0 nitrogen and oxygen atoms in total. The average Bonchev–Trinajstić information content (AvgIpc) is 2.20. The van der Waals surface area contributed by atoms with Gasteiger partial charge in [-0.05, 0) is 11.8 Å². The van der Waals surface area contributed by atoms with Gasteiger partial charge in [0, 0.05) is 0 Å². The van der Waals surface area contributed by atoms with E-state index in [2.05, 4.69) is 28.0 Å². The summed E-state index contributed by atoms with van der Waals surface area (Å²) in [5, 5.41) is 0. The van der Waals surface area contributed by atoms with Crippen LogP contribution >= 0.6 is 0 Å². The Morgan fingerprint density at radius 3 is 2.31 bits per heavy atom. The molecule has 0 aliphatic heterocycles. The molecule has 0 aromatic carbocycles. The predicted octanol–water partition coefficient (Wildman–Crippen LogP) is 4.15. The molecule has 0 aromatic heterocycles. The van der Waals surface area contributed by atoms with Crippen LogP contribution in [0.5, 0.6) is 0 Å². The second kappa shape index (κ2) is 5.72. The zero-order chi connectivity index (χ0) is 9.68. The second-order valence-corrected chi connectivity index (χ2v) is 4.92. The van der Waals surface area contributed by atoms with E-state index >= 15 is 0 Å². The van der Waals surface area contributed by atoms with Crippen LogP contribution in [0.3, 0.4) is 0 Å². The third-order valence-electron chi connectivity index (χ3n) is 3.85. The van der Waals surface area contributed by atoms with E-state index in [-0.39, 0.29) is 0 Å². The van der Waals surface area contributed by atoms with Gasteiger partial charge in [0.2, 0.25) is 0 Å². The minimum atomic E-state index is 0.899. The van der Waals surface area contributed by atoms with E-state index in [4.69, 9.17) is 0 Å². The summed E-state index contributed by atoms with van der Waals surface area (Å²) in [5.41, 5.74) is 0. The molecule has 0 N–H and O–H groups in total. The molecule has 13 heavy (non-hydrogen) atoms. The van der Waals surface area contributed by atoms with Crippen LogP contribution in [0.15, 0.2) is 0 Å². The molecule has 1 heteroatoms. The van der Waals surface area contributed by atoms with Gasteiger partial charge in [-0.15, -0.1) is 0 Å². The van der Waals surface area contributed by atoms with Crippen molar-refractivity contribution in [2.24, 2.45) is 11.8 Å². The quantitative estimate of drug-likeness (QED) is 0.530. The van der Waals surface area contributed by atoms with Crippen LogP contribution < -0.4 is 0 Å². The first-order valence-electron chi connectivity index (χ1n) is 6.03. The summed E-state index contributed by atoms with van der Waals surface area (Å²) >= 11 is 0. The molecule has 75 valence electrons. The fraction of sp³-hybridized carbons (Fsp3) is 1.00. The van der Waals surface area contributed by atoms with E-state index in [9.17, 15) is 0 Å². The lowest BCUT2D eigenvalue weighted by molar-refractivity contribution is 0.338. The molecule has 0 bridgehead atoms. The molecule has 1 fully saturated rings. The van der Waals surface area contributed by atoms with Crippen molar-refractivity contribution in [2.45, 2.75) is 65.0 Å². The van der Waals surface area contributed by atoms with Gasteiger partial charge < -0.3 is 0 Å². The van der Waals surface area contributed by atoms with Crippen molar-refractivity contribution in [3.63, 3.8) is 0 Å². The highest BCUT2D eigenvalue weighted by Gasteiger charge is 2.18. The third kappa shape index (κ3) is 3.75. The maximum absolute atomic E-state index is 2.44. The normalized spacial score (nSPS) is 37.3. The van der Waals surface area contributed by atoms with Gasteiger partial charge in [-0.2, -0.15) is 0 Å². The molecule has 1 aliphatic rings. The first-order valence-corrected chi connectivity index (χ1v) is 6.03. The zero-order valence-corrected chi connectivity index (χ0v) is 9.55. The van der Waals surface area contributed by atoms with E-state index in [0.717, 1.165) is 17.7 Å². The standard InChI is InChI=1S/C12H24B/c1-10-7-5-4-6-8-12(13-3)9-11(10)2/h10-12H,4-9H2,1-3H3. The molecular formula is C12H24B. The Labute approximate surface area is 84.7 Å². The molecule has 3 atom stereocenters. The Kier molecular flexibility index (Phi) is 4.91. The lowest BCUT2D eigenvalue weighted by atomic mass is 9.61. The van der Waals surface area contributed by atoms with Crippen LogP contribution in [0.1, 0.15) is 52.4 Å². The van der Waals surface area contributed by atoms with Crippen molar-refractivity contribution in [2.75, 3.05) is 0 Å². The van der Waals surface area contributed by atoms with Crippen molar-refractivity contribution in [1.29, 1.82) is 0 Å². The van der Waals surface area contributed by atoms with Gasteiger partial charge in [-0.1, -0.05) is 65.0 Å². The van der Waals surface area contributed by atoms with Crippen LogP contribution in [0.4, 0.5) is 0 Å². The first kappa shape index (κ1) is 11.1. The predicted molar refractivity (Wildman–Crippen MR) is 61.4 cm³/mol. The molecule has 0 aromatic rings. The Morgan fingerprint density at radius 2 is 1.62 bits per heavy atom. The lowest BCUT2D eigenvalue weighted by Crippen LogP contribution is -2.12. The largest absolute Gasteiger partial charge is 0.110 e. The van der Waals surface area contributed by atoms with Crippen molar-refractivity contribution < 1.29 is 0 Å². The molecule has 1 radical (unpaired) electrons. The fourth-order valence-electron chi connectivity index (χ4n) is 2.46. The maximum atomic E-state index is 2.44. The van der Waals surface area contributed by atoms with Gasteiger partial charge in [0.1, 0.15) is 7.28 Å². The van der Waals surface area contributed by atoms with E-state index in [1.807, 2.05) is 0 Å². The Hall–Kier alpha value is 0.0649. The molecule has 0 saturated heterocycles. The minimum absolute atomic E-state index is 0.899. The Balaban J connectivity index is 2.44. The van der Waals surface area contributed by atoms with E-state index in [0.29, 0.717) is 0 Å². The van der Waals surface area contributed by atoms with Crippen LogP contribution in [-0.2, 0) is 0 Å². The molecule has 0 amide bonds. The average molecular weight is 179 g/mol. The minimum Gasteiger partial charge on any atom is -0.0917 e. The second-order valence-electron chi connectivity index (χ2n) is 4.92. The number of hydrogen-bond acceptors (Lipinski definition) is 0. The molecule has 1 saturated carbocycles. The summed E-state index contributed by atoms with van der Waals surface area (Å²) in [6.07, 6.45) is 8.70. The summed E-state index contributed by atoms with van der Waals surface area (Å²) in [6, 6.07) is 0. The van der Waals surface area contributed by atoms with Gasteiger partial charge in [0.15, 0.2) is 0 Å². The monoisotopic (exact) mass is 179 g/mol. The smallest absolute Gasteiger partial charge is 0.0917 e.